The predicted octanol–water partition coefficient (Wildman–Crippen LogP) is 0.575. The first kappa shape index (κ1) is 16.4. The van der Waals surface area contributed by atoms with Gasteiger partial charge in [-0.25, -0.2) is 0 Å². The van der Waals surface area contributed by atoms with Crippen LogP contribution in [0.3, 0.4) is 0 Å². The van der Waals surface area contributed by atoms with Gasteiger partial charge in [0.05, 0.1) is 0 Å². The van der Waals surface area contributed by atoms with Gasteiger partial charge in [0, 0.05) is 21.9 Å². The average Bonchev–Trinajstić information content (AvgIpc) is 2.22. The standard InChI is InChI=1S/C11H24N2O3S/c1-4-5-7-17(13,16)8-6-11(12,9(2)3)10(14)15/h8-9H,4-7,12H2,1-3H3,(H2,13,16)(H,14,15)/t11-,17?/m1/s1. The molecular weight excluding hydrogens is 240 g/mol. The molecule has 17 heavy (non-hydrogen) atoms. The van der Waals surface area contributed by atoms with Crippen LogP contribution in [-0.4, -0.2) is 31.9 Å². The van der Waals surface area contributed by atoms with Crippen molar-refractivity contribution >= 4 is 21.0 Å². The lowest BCUT2D eigenvalue weighted by Crippen LogP contribution is -2.53. The lowest BCUT2D eigenvalue weighted by atomic mass is 9.85. The maximum absolute atomic E-state index is 11.9. The number of unbranched alkanes of at least 4 members (excludes halogenated alkanes) is 1. The van der Waals surface area contributed by atoms with Crippen LogP contribution in [0.15, 0.2) is 0 Å². The minimum atomic E-state index is -2.56. The van der Waals surface area contributed by atoms with Crippen LogP contribution in [0.5, 0.6) is 0 Å². The molecule has 1 unspecified atom stereocenters. The minimum absolute atomic E-state index is 0.0268. The SMILES string of the molecule is CCCCS(N)(=O)=CC[C@](N)(C(=O)O)C(C)C. The van der Waals surface area contributed by atoms with Gasteiger partial charge in [0.2, 0.25) is 0 Å². The molecule has 102 valence electrons. The molecule has 0 rings (SSSR count). The fourth-order valence-corrected chi connectivity index (χ4v) is 2.77. The molecule has 0 fully saturated rings. The smallest absolute Gasteiger partial charge is 0.324 e. The Hall–Kier alpha value is -0.590. The quantitative estimate of drug-likeness (QED) is 0.584. The minimum Gasteiger partial charge on any atom is -0.480 e. The molecule has 0 radical (unpaired) electrons. The highest BCUT2D eigenvalue weighted by Crippen LogP contribution is 2.17. The van der Waals surface area contributed by atoms with Crippen LogP contribution >= 0.6 is 0 Å². The van der Waals surface area contributed by atoms with Crippen LogP contribution in [0.1, 0.15) is 40.0 Å². The van der Waals surface area contributed by atoms with Gasteiger partial charge in [0.15, 0.2) is 0 Å². The molecule has 0 aromatic carbocycles. The van der Waals surface area contributed by atoms with E-state index >= 15 is 0 Å². The van der Waals surface area contributed by atoms with Gasteiger partial charge in [-0.05, 0) is 17.7 Å². The van der Waals surface area contributed by atoms with Crippen molar-refractivity contribution < 1.29 is 14.1 Å². The molecule has 0 bridgehead atoms. The Morgan fingerprint density at radius 2 is 2.06 bits per heavy atom. The van der Waals surface area contributed by atoms with Crippen LogP contribution in [0.25, 0.3) is 0 Å². The number of carboxylic acids is 1. The fourth-order valence-electron chi connectivity index (χ4n) is 1.30. The number of nitrogens with two attached hydrogens (primary N) is 2. The summed E-state index contributed by atoms with van der Waals surface area (Å²) in [5.74, 6) is -0.954. The van der Waals surface area contributed by atoms with Gasteiger partial charge in [-0.1, -0.05) is 27.2 Å². The number of aliphatic carboxylic acids is 1. The first-order valence-electron chi connectivity index (χ1n) is 5.81. The van der Waals surface area contributed by atoms with Crippen LogP contribution in [-0.2, 0) is 14.5 Å². The van der Waals surface area contributed by atoms with E-state index < -0.39 is 21.2 Å². The van der Waals surface area contributed by atoms with Crippen LogP contribution in [0.4, 0.5) is 0 Å². The van der Waals surface area contributed by atoms with Crippen molar-refractivity contribution in [3.8, 4) is 0 Å². The summed E-state index contributed by atoms with van der Waals surface area (Å²) >= 11 is 0. The molecule has 0 aliphatic carbocycles. The van der Waals surface area contributed by atoms with Crippen molar-refractivity contribution in [1.29, 1.82) is 0 Å². The van der Waals surface area contributed by atoms with Crippen LogP contribution < -0.4 is 10.9 Å². The molecule has 0 aromatic rings. The van der Waals surface area contributed by atoms with Crippen molar-refractivity contribution in [1.82, 2.24) is 0 Å². The zero-order valence-electron chi connectivity index (χ0n) is 10.8. The van der Waals surface area contributed by atoms with Gasteiger partial charge in [-0.15, -0.1) is 0 Å². The largest absolute Gasteiger partial charge is 0.480 e. The zero-order chi connectivity index (χ0) is 13.7. The number of carboxylic acid groups (broad SMARTS) is 1. The van der Waals surface area contributed by atoms with Gasteiger partial charge in [-0.2, -0.15) is 0 Å². The van der Waals surface area contributed by atoms with Crippen molar-refractivity contribution in [2.45, 2.75) is 45.6 Å². The summed E-state index contributed by atoms with van der Waals surface area (Å²) in [5, 5.41) is 16.1. The second-order valence-corrected chi connectivity index (χ2v) is 7.01. The molecule has 6 heteroatoms. The Balaban J connectivity index is 4.87. The number of hydrogen-bond acceptors (Lipinski definition) is 3. The van der Waals surface area contributed by atoms with Gasteiger partial charge in [0.25, 0.3) is 0 Å². The van der Waals surface area contributed by atoms with Crippen molar-refractivity contribution in [2.24, 2.45) is 16.8 Å². The average molecular weight is 264 g/mol. The highest BCUT2D eigenvalue weighted by molar-refractivity contribution is 7.99. The van der Waals surface area contributed by atoms with Gasteiger partial charge >= 0.3 is 5.97 Å². The monoisotopic (exact) mass is 264 g/mol. The highest BCUT2D eigenvalue weighted by Gasteiger charge is 2.36. The van der Waals surface area contributed by atoms with E-state index in [0.717, 1.165) is 12.8 Å². The lowest BCUT2D eigenvalue weighted by molar-refractivity contribution is -0.144. The third-order valence-corrected chi connectivity index (χ3v) is 4.61. The van der Waals surface area contributed by atoms with E-state index in [-0.39, 0.29) is 12.3 Å². The van der Waals surface area contributed by atoms with E-state index in [9.17, 15) is 9.00 Å². The topological polar surface area (TPSA) is 106 Å². The molecule has 0 saturated carbocycles. The summed E-state index contributed by atoms with van der Waals surface area (Å²) in [6, 6.07) is 0. The summed E-state index contributed by atoms with van der Waals surface area (Å²) in [5.41, 5.74) is 4.41. The number of carbonyl (C=O) groups is 1. The number of rotatable bonds is 7. The maximum Gasteiger partial charge on any atom is 0.324 e. The molecule has 0 spiro atoms. The molecule has 5 nitrogen and oxygen atoms in total. The normalized spacial score (nSPS) is 18.5. The van der Waals surface area contributed by atoms with Crippen molar-refractivity contribution in [3.05, 3.63) is 0 Å². The summed E-state index contributed by atoms with van der Waals surface area (Å²) in [6.45, 7) is 5.44. The second-order valence-electron chi connectivity index (χ2n) is 4.71. The van der Waals surface area contributed by atoms with Crippen molar-refractivity contribution in [2.75, 3.05) is 5.75 Å². The molecule has 0 aliphatic rings. The lowest BCUT2D eigenvalue weighted by Gasteiger charge is -2.27. The van der Waals surface area contributed by atoms with E-state index in [1.807, 2.05) is 6.92 Å². The summed E-state index contributed by atoms with van der Waals surface area (Å²) in [4.78, 5) is 11.1. The van der Waals surface area contributed by atoms with Gasteiger partial charge in [-0.3, -0.25) is 14.1 Å². The van der Waals surface area contributed by atoms with E-state index in [4.69, 9.17) is 16.0 Å². The molecule has 0 heterocycles. The molecule has 0 aliphatic heterocycles. The summed E-state index contributed by atoms with van der Waals surface area (Å²) < 4.78 is 11.9. The molecule has 0 amide bonds. The Morgan fingerprint density at radius 1 is 1.53 bits per heavy atom. The van der Waals surface area contributed by atoms with Crippen molar-refractivity contribution in [3.63, 3.8) is 0 Å². The van der Waals surface area contributed by atoms with Crippen LogP contribution in [0.2, 0.25) is 0 Å². The van der Waals surface area contributed by atoms with E-state index in [1.165, 1.54) is 5.37 Å². The number of hydrogen-bond donors (Lipinski definition) is 3. The Labute approximate surface area is 104 Å². The first-order valence-corrected chi connectivity index (χ1v) is 7.66. The highest BCUT2D eigenvalue weighted by atomic mass is 32.2. The van der Waals surface area contributed by atoms with Gasteiger partial charge < -0.3 is 10.8 Å². The van der Waals surface area contributed by atoms with Gasteiger partial charge in [0.1, 0.15) is 5.54 Å². The third-order valence-electron chi connectivity index (χ3n) is 2.95. The third kappa shape index (κ3) is 5.06. The van der Waals surface area contributed by atoms with E-state index in [2.05, 4.69) is 0 Å². The van der Waals surface area contributed by atoms with E-state index in [0.29, 0.717) is 5.75 Å². The predicted molar refractivity (Wildman–Crippen MR) is 72.2 cm³/mol. The molecule has 0 aromatic heterocycles. The zero-order valence-corrected chi connectivity index (χ0v) is 11.6. The Morgan fingerprint density at radius 3 is 2.41 bits per heavy atom. The molecule has 5 N–H and O–H groups in total. The maximum atomic E-state index is 11.9. The molecule has 0 saturated heterocycles. The molecular formula is C11H24N2O3S. The molecule has 2 atom stereocenters. The second kappa shape index (κ2) is 6.37. The van der Waals surface area contributed by atoms with E-state index in [1.54, 1.807) is 13.8 Å². The van der Waals surface area contributed by atoms with Crippen LogP contribution in [0, 0.1) is 5.92 Å². The fraction of sp³-hybridized carbons (Fsp3) is 0.818. The Kier molecular flexibility index (Phi) is 6.15. The summed E-state index contributed by atoms with van der Waals surface area (Å²) in [7, 11) is -2.56. The summed E-state index contributed by atoms with van der Waals surface area (Å²) in [6.07, 6.45) is 1.69. The first-order chi connectivity index (χ1) is 7.65. The Bertz CT molecular complexity index is 373.